The van der Waals surface area contributed by atoms with Crippen LogP contribution < -0.4 is 5.32 Å². The number of hydrogen-bond donors (Lipinski definition) is 1. The Bertz CT molecular complexity index is 539. The zero-order valence-corrected chi connectivity index (χ0v) is 12.3. The molecular formula is C14H15ClN2OS. The number of nitrogens with one attached hydrogen (secondary N) is 1. The van der Waals surface area contributed by atoms with E-state index in [4.69, 9.17) is 11.6 Å². The molecule has 2 aromatic rings. The van der Waals surface area contributed by atoms with Crippen LogP contribution in [0.2, 0.25) is 5.02 Å². The van der Waals surface area contributed by atoms with Gasteiger partial charge in [0.2, 0.25) is 5.91 Å². The molecule has 1 aromatic heterocycles. The highest BCUT2D eigenvalue weighted by Gasteiger charge is 2.22. The molecule has 0 radical (unpaired) electrons. The molecule has 2 rings (SSSR count). The van der Waals surface area contributed by atoms with Gasteiger partial charge in [-0.1, -0.05) is 37.6 Å². The molecule has 0 fully saturated rings. The second-order valence-corrected chi connectivity index (χ2v) is 5.81. The van der Waals surface area contributed by atoms with Crippen molar-refractivity contribution in [3.63, 3.8) is 0 Å². The van der Waals surface area contributed by atoms with Crippen molar-refractivity contribution in [3.05, 3.63) is 46.6 Å². The van der Waals surface area contributed by atoms with Crippen LogP contribution in [-0.2, 0) is 4.79 Å². The number of aromatic nitrogens is 1. The Kier molecular flexibility index (Phi) is 4.56. The van der Waals surface area contributed by atoms with E-state index in [1.807, 2.05) is 38.1 Å². The Morgan fingerprint density at radius 3 is 2.58 bits per heavy atom. The van der Waals surface area contributed by atoms with Crippen molar-refractivity contribution in [3.8, 4) is 0 Å². The molecular weight excluding hydrogens is 280 g/mol. The number of thiazole rings is 1. The van der Waals surface area contributed by atoms with Crippen molar-refractivity contribution in [2.75, 3.05) is 5.32 Å². The van der Waals surface area contributed by atoms with Gasteiger partial charge in [0.1, 0.15) is 5.00 Å². The summed E-state index contributed by atoms with van der Waals surface area (Å²) in [4.78, 5) is 16.1. The molecule has 0 aliphatic rings. The van der Waals surface area contributed by atoms with Crippen LogP contribution in [0.1, 0.15) is 25.3 Å². The van der Waals surface area contributed by atoms with E-state index in [1.54, 1.807) is 11.7 Å². The van der Waals surface area contributed by atoms with Crippen LogP contribution in [-0.4, -0.2) is 10.9 Å². The van der Waals surface area contributed by atoms with Gasteiger partial charge >= 0.3 is 0 Å². The van der Waals surface area contributed by atoms with E-state index in [0.29, 0.717) is 5.02 Å². The highest BCUT2D eigenvalue weighted by Crippen LogP contribution is 2.26. The summed E-state index contributed by atoms with van der Waals surface area (Å²) in [6.45, 7) is 3.97. The smallest absolute Gasteiger partial charge is 0.228 e. The van der Waals surface area contributed by atoms with Gasteiger partial charge < -0.3 is 5.32 Å². The Labute approximate surface area is 121 Å². The molecule has 0 bridgehead atoms. The van der Waals surface area contributed by atoms with Gasteiger partial charge in [0.25, 0.3) is 0 Å². The molecule has 2 atom stereocenters. The third-order valence-corrected chi connectivity index (χ3v) is 4.18. The molecule has 1 N–H and O–H groups in total. The van der Waals surface area contributed by atoms with Crippen molar-refractivity contribution >= 4 is 33.8 Å². The summed E-state index contributed by atoms with van der Waals surface area (Å²) in [5.41, 5.74) is 2.81. The van der Waals surface area contributed by atoms with Crippen molar-refractivity contribution in [2.24, 2.45) is 5.92 Å². The Morgan fingerprint density at radius 2 is 2.00 bits per heavy atom. The Hall–Kier alpha value is -1.39. The van der Waals surface area contributed by atoms with E-state index in [1.165, 1.54) is 11.3 Å². The summed E-state index contributed by atoms with van der Waals surface area (Å²) in [6.07, 6.45) is 1.66. The van der Waals surface area contributed by atoms with Gasteiger partial charge in [0.05, 0.1) is 11.7 Å². The average Bonchev–Trinajstić information content (AvgIpc) is 2.90. The summed E-state index contributed by atoms with van der Waals surface area (Å²) >= 11 is 7.29. The molecule has 0 aliphatic heterocycles. The normalized spacial score (nSPS) is 13.8. The molecule has 1 aromatic carbocycles. The van der Waals surface area contributed by atoms with E-state index in [-0.39, 0.29) is 17.7 Å². The number of hydrogen-bond acceptors (Lipinski definition) is 3. The fourth-order valence-corrected chi connectivity index (χ4v) is 2.44. The highest BCUT2D eigenvalue weighted by atomic mass is 35.5. The number of halogens is 1. The van der Waals surface area contributed by atoms with Gasteiger partial charge in [0.15, 0.2) is 0 Å². The quantitative estimate of drug-likeness (QED) is 0.919. The Morgan fingerprint density at radius 1 is 1.32 bits per heavy atom. The standard InChI is InChI=1S/C14H15ClN2OS/c1-9(11-3-5-12(15)6-4-11)10(2)14(18)17-13-7-16-8-19-13/h3-10H,1-2H3,(H,17,18). The number of carbonyl (C=O) groups is 1. The molecule has 0 saturated heterocycles. The first-order valence-corrected chi connectivity index (χ1v) is 7.28. The first-order valence-electron chi connectivity index (χ1n) is 6.02. The number of nitrogens with zero attached hydrogens (tertiary/aromatic N) is 1. The van der Waals surface area contributed by atoms with Crippen LogP contribution in [0.25, 0.3) is 0 Å². The van der Waals surface area contributed by atoms with E-state index in [2.05, 4.69) is 10.3 Å². The third kappa shape index (κ3) is 3.55. The fourth-order valence-electron chi connectivity index (χ4n) is 1.79. The summed E-state index contributed by atoms with van der Waals surface area (Å²) < 4.78 is 0. The van der Waals surface area contributed by atoms with Gasteiger partial charge in [-0.25, -0.2) is 0 Å². The lowest BCUT2D eigenvalue weighted by molar-refractivity contribution is -0.119. The van der Waals surface area contributed by atoms with E-state index >= 15 is 0 Å². The van der Waals surface area contributed by atoms with E-state index in [0.717, 1.165) is 10.6 Å². The van der Waals surface area contributed by atoms with Gasteiger partial charge in [-0.05, 0) is 23.6 Å². The molecule has 0 saturated carbocycles. The predicted molar refractivity (Wildman–Crippen MR) is 79.8 cm³/mol. The van der Waals surface area contributed by atoms with Gasteiger partial charge in [-0.2, -0.15) is 0 Å². The molecule has 0 spiro atoms. The third-order valence-electron chi connectivity index (χ3n) is 3.24. The number of amides is 1. The summed E-state index contributed by atoms with van der Waals surface area (Å²) in [6, 6.07) is 7.62. The maximum absolute atomic E-state index is 12.1. The molecule has 5 heteroatoms. The van der Waals surface area contributed by atoms with Gasteiger partial charge in [-0.3, -0.25) is 9.78 Å². The molecule has 2 unspecified atom stereocenters. The van der Waals surface area contributed by atoms with Crippen molar-refractivity contribution in [1.82, 2.24) is 4.98 Å². The second-order valence-electron chi connectivity index (χ2n) is 4.48. The lowest BCUT2D eigenvalue weighted by Gasteiger charge is -2.19. The minimum Gasteiger partial charge on any atom is -0.316 e. The molecule has 3 nitrogen and oxygen atoms in total. The van der Waals surface area contributed by atoms with Crippen molar-refractivity contribution in [2.45, 2.75) is 19.8 Å². The van der Waals surface area contributed by atoms with E-state index < -0.39 is 0 Å². The predicted octanol–water partition coefficient (Wildman–Crippen LogP) is 4.17. The van der Waals surface area contributed by atoms with Crippen LogP contribution in [0.5, 0.6) is 0 Å². The zero-order valence-electron chi connectivity index (χ0n) is 10.8. The maximum atomic E-state index is 12.1. The average molecular weight is 295 g/mol. The summed E-state index contributed by atoms with van der Waals surface area (Å²) in [5, 5.41) is 4.36. The monoisotopic (exact) mass is 294 g/mol. The minimum atomic E-state index is -0.122. The van der Waals surface area contributed by atoms with Crippen molar-refractivity contribution < 1.29 is 4.79 Å². The molecule has 1 amide bonds. The number of benzene rings is 1. The van der Waals surface area contributed by atoms with Crippen LogP contribution in [0.3, 0.4) is 0 Å². The molecule has 1 heterocycles. The molecule has 0 aliphatic carbocycles. The minimum absolute atomic E-state index is 0.00620. The SMILES string of the molecule is CC(C(=O)Nc1cncs1)C(C)c1ccc(Cl)cc1. The summed E-state index contributed by atoms with van der Waals surface area (Å²) in [7, 11) is 0. The van der Waals surface area contributed by atoms with Crippen molar-refractivity contribution in [1.29, 1.82) is 0 Å². The maximum Gasteiger partial charge on any atom is 0.228 e. The lowest BCUT2D eigenvalue weighted by atomic mass is 9.88. The fraction of sp³-hybridized carbons (Fsp3) is 0.286. The van der Waals surface area contributed by atoms with Crippen LogP contribution in [0.15, 0.2) is 36.0 Å². The topological polar surface area (TPSA) is 42.0 Å². The Balaban J connectivity index is 2.04. The lowest BCUT2D eigenvalue weighted by Crippen LogP contribution is -2.24. The second kappa shape index (κ2) is 6.17. The van der Waals surface area contributed by atoms with Crippen LogP contribution in [0, 0.1) is 5.92 Å². The summed E-state index contributed by atoms with van der Waals surface area (Å²) in [5.74, 6) is 0.0140. The van der Waals surface area contributed by atoms with Gasteiger partial charge in [-0.15, -0.1) is 11.3 Å². The largest absolute Gasteiger partial charge is 0.316 e. The van der Waals surface area contributed by atoms with Gasteiger partial charge in [0, 0.05) is 10.9 Å². The zero-order chi connectivity index (χ0) is 13.8. The molecule has 100 valence electrons. The first kappa shape index (κ1) is 14.0. The number of rotatable bonds is 4. The van der Waals surface area contributed by atoms with Crippen LogP contribution >= 0.6 is 22.9 Å². The van der Waals surface area contributed by atoms with E-state index in [9.17, 15) is 4.79 Å². The van der Waals surface area contributed by atoms with Crippen LogP contribution in [0.4, 0.5) is 5.00 Å². The number of anilines is 1. The number of carbonyl (C=O) groups excluding carboxylic acids is 1. The first-order chi connectivity index (χ1) is 9.08. The highest BCUT2D eigenvalue weighted by molar-refractivity contribution is 7.13. The molecule has 19 heavy (non-hydrogen) atoms.